The number of aliphatic hydroxyl groups excluding tert-OH is 1. The zero-order chi connectivity index (χ0) is 11.7. The first-order valence-electron chi connectivity index (χ1n) is 5.80. The molecule has 0 aliphatic rings. The Hall–Kier alpha value is -0.590. The van der Waals surface area contributed by atoms with Crippen molar-refractivity contribution in [3.63, 3.8) is 0 Å². The van der Waals surface area contributed by atoms with Gasteiger partial charge in [-0.3, -0.25) is 0 Å². The molecule has 15 heavy (non-hydrogen) atoms. The van der Waals surface area contributed by atoms with Gasteiger partial charge in [0.05, 0.1) is 18.1 Å². The lowest BCUT2D eigenvalue weighted by atomic mass is 9.91. The molecule has 0 heterocycles. The molecular formula is C12H24N2O. The Morgan fingerprint density at radius 2 is 1.93 bits per heavy atom. The van der Waals surface area contributed by atoms with Crippen molar-refractivity contribution in [1.29, 1.82) is 5.26 Å². The molecule has 0 saturated heterocycles. The molecule has 0 unspecified atom stereocenters. The first kappa shape index (κ1) is 14.4. The van der Waals surface area contributed by atoms with Crippen LogP contribution in [0.15, 0.2) is 0 Å². The smallest absolute Gasteiger partial charge is 0.0684 e. The first-order chi connectivity index (χ1) is 7.05. The highest BCUT2D eigenvalue weighted by atomic mass is 16.3. The predicted octanol–water partition coefficient (Wildman–Crippen LogP) is 2.02. The molecule has 0 aromatic carbocycles. The van der Waals surface area contributed by atoms with Gasteiger partial charge in [-0.25, -0.2) is 0 Å². The highest BCUT2D eigenvalue weighted by Gasteiger charge is 2.17. The predicted molar refractivity (Wildman–Crippen MR) is 62.4 cm³/mol. The number of nitriles is 1. The molecule has 0 rings (SSSR count). The fourth-order valence-corrected chi connectivity index (χ4v) is 1.35. The van der Waals surface area contributed by atoms with E-state index in [0.717, 1.165) is 32.5 Å². The van der Waals surface area contributed by atoms with Crippen molar-refractivity contribution in [2.24, 2.45) is 5.41 Å². The van der Waals surface area contributed by atoms with Gasteiger partial charge in [-0.2, -0.15) is 5.26 Å². The van der Waals surface area contributed by atoms with Crippen molar-refractivity contribution in [3.05, 3.63) is 0 Å². The monoisotopic (exact) mass is 212 g/mol. The number of hydrogen-bond acceptors (Lipinski definition) is 3. The van der Waals surface area contributed by atoms with Crippen LogP contribution in [0.2, 0.25) is 0 Å². The van der Waals surface area contributed by atoms with Gasteiger partial charge in [0.1, 0.15) is 0 Å². The molecule has 0 aliphatic heterocycles. The van der Waals surface area contributed by atoms with E-state index in [1.165, 1.54) is 6.42 Å². The lowest BCUT2D eigenvalue weighted by molar-refractivity contribution is 0.181. The van der Waals surface area contributed by atoms with Crippen LogP contribution in [0.25, 0.3) is 0 Å². The third kappa shape index (κ3) is 7.35. The van der Waals surface area contributed by atoms with E-state index in [-0.39, 0.29) is 12.0 Å². The minimum absolute atomic E-state index is 0.205. The first-order valence-corrected chi connectivity index (χ1v) is 5.80. The Balaban J connectivity index is 3.90. The third-order valence-corrected chi connectivity index (χ3v) is 2.60. The van der Waals surface area contributed by atoms with Gasteiger partial charge < -0.3 is 10.0 Å². The van der Waals surface area contributed by atoms with Crippen LogP contribution in [-0.4, -0.2) is 36.2 Å². The van der Waals surface area contributed by atoms with Gasteiger partial charge >= 0.3 is 0 Å². The SMILES string of the molecule is CCCCN(CCO)CCC(C)(C)C#N. The molecule has 0 atom stereocenters. The van der Waals surface area contributed by atoms with Crippen LogP contribution >= 0.6 is 0 Å². The molecule has 0 aromatic heterocycles. The Morgan fingerprint density at radius 1 is 1.27 bits per heavy atom. The standard InChI is InChI=1S/C12H24N2O/c1-4-5-7-14(9-10-15)8-6-12(2,3)11-13/h15H,4-10H2,1-3H3. The van der Waals surface area contributed by atoms with E-state index in [2.05, 4.69) is 17.9 Å². The quantitative estimate of drug-likeness (QED) is 0.669. The Kier molecular flexibility index (Phi) is 7.37. The zero-order valence-electron chi connectivity index (χ0n) is 10.3. The number of rotatable bonds is 8. The molecule has 3 nitrogen and oxygen atoms in total. The topological polar surface area (TPSA) is 47.3 Å². The van der Waals surface area contributed by atoms with Gasteiger partial charge in [-0.05, 0) is 39.8 Å². The Morgan fingerprint density at radius 3 is 2.40 bits per heavy atom. The summed E-state index contributed by atoms with van der Waals surface area (Å²) in [6.45, 7) is 8.95. The number of aliphatic hydroxyl groups is 1. The van der Waals surface area contributed by atoms with Crippen LogP contribution in [-0.2, 0) is 0 Å². The summed E-state index contributed by atoms with van der Waals surface area (Å²) in [6.07, 6.45) is 3.20. The van der Waals surface area contributed by atoms with Crippen LogP contribution < -0.4 is 0 Å². The Bertz CT molecular complexity index is 196. The highest BCUT2D eigenvalue weighted by Crippen LogP contribution is 2.18. The number of hydrogen-bond donors (Lipinski definition) is 1. The number of unbranched alkanes of at least 4 members (excludes halogenated alkanes) is 1. The molecule has 1 N–H and O–H groups in total. The summed E-state index contributed by atoms with van der Waals surface area (Å²) >= 11 is 0. The molecular weight excluding hydrogens is 188 g/mol. The second kappa shape index (κ2) is 7.67. The van der Waals surface area contributed by atoms with E-state index in [4.69, 9.17) is 10.4 Å². The maximum absolute atomic E-state index is 8.92. The maximum atomic E-state index is 8.92. The van der Waals surface area contributed by atoms with Gasteiger partial charge in [-0.1, -0.05) is 13.3 Å². The highest BCUT2D eigenvalue weighted by molar-refractivity contribution is 4.92. The van der Waals surface area contributed by atoms with E-state index >= 15 is 0 Å². The molecule has 0 fully saturated rings. The summed E-state index contributed by atoms with van der Waals surface area (Å²) in [5.41, 5.74) is -0.250. The van der Waals surface area contributed by atoms with E-state index in [9.17, 15) is 0 Å². The number of nitrogens with zero attached hydrogens (tertiary/aromatic N) is 2. The van der Waals surface area contributed by atoms with Crippen molar-refractivity contribution in [2.75, 3.05) is 26.2 Å². The van der Waals surface area contributed by atoms with Gasteiger partial charge in [0.2, 0.25) is 0 Å². The van der Waals surface area contributed by atoms with Gasteiger partial charge in [0.25, 0.3) is 0 Å². The largest absolute Gasteiger partial charge is 0.395 e. The Labute approximate surface area is 93.7 Å². The van der Waals surface area contributed by atoms with E-state index < -0.39 is 0 Å². The maximum Gasteiger partial charge on any atom is 0.0684 e. The second-order valence-corrected chi connectivity index (χ2v) is 4.66. The summed E-state index contributed by atoms with van der Waals surface area (Å²) in [5, 5.41) is 17.8. The summed E-state index contributed by atoms with van der Waals surface area (Å²) in [4.78, 5) is 2.24. The average Bonchev–Trinajstić information content (AvgIpc) is 2.22. The van der Waals surface area contributed by atoms with E-state index in [1.807, 2.05) is 13.8 Å². The molecule has 0 radical (unpaired) electrons. The fraction of sp³-hybridized carbons (Fsp3) is 0.917. The minimum Gasteiger partial charge on any atom is -0.395 e. The lowest BCUT2D eigenvalue weighted by Gasteiger charge is -2.24. The van der Waals surface area contributed by atoms with Gasteiger partial charge in [0.15, 0.2) is 0 Å². The van der Waals surface area contributed by atoms with Crippen molar-refractivity contribution >= 4 is 0 Å². The minimum atomic E-state index is -0.250. The summed E-state index contributed by atoms with van der Waals surface area (Å²) < 4.78 is 0. The molecule has 0 aliphatic carbocycles. The molecule has 0 amide bonds. The van der Waals surface area contributed by atoms with Crippen LogP contribution in [0, 0.1) is 16.7 Å². The average molecular weight is 212 g/mol. The molecule has 3 heteroatoms. The molecule has 0 spiro atoms. The summed E-state index contributed by atoms with van der Waals surface area (Å²) in [7, 11) is 0. The van der Waals surface area contributed by atoms with Crippen molar-refractivity contribution in [3.8, 4) is 6.07 Å². The normalized spacial score (nSPS) is 11.7. The lowest BCUT2D eigenvalue weighted by Crippen LogP contribution is -2.31. The van der Waals surface area contributed by atoms with E-state index in [1.54, 1.807) is 0 Å². The van der Waals surface area contributed by atoms with E-state index in [0.29, 0.717) is 0 Å². The third-order valence-electron chi connectivity index (χ3n) is 2.60. The molecule has 0 saturated carbocycles. The van der Waals surface area contributed by atoms with Crippen LogP contribution in [0.5, 0.6) is 0 Å². The molecule has 0 aromatic rings. The molecule has 88 valence electrons. The van der Waals surface area contributed by atoms with Crippen LogP contribution in [0.3, 0.4) is 0 Å². The summed E-state index contributed by atoms with van der Waals surface area (Å²) in [6, 6.07) is 2.31. The van der Waals surface area contributed by atoms with Crippen molar-refractivity contribution in [2.45, 2.75) is 40.0 Å². The van der Waals surface area contributed by atoms with Gasteiger partial charge in [0, 0.05) is 6.54 Å². The van der Waals surface area contributed by atoms with Crippen molar-refractivity contribution in [1.82, 2.24) is 4.90 Å². The second-order valence-electron chi connectivity index (χ2n) is 4.66. The molecule has 0 bridgehead atoms. The van der Waals surface area contributed by atoms with Crippen molar-refractivity contribution < 1.29 is 5.11 Å². The van der Waals surface area contributed by atoms with Crippen LogP contribution in [0.4, 0.5) is 0 Å². The van der Waals surface area contributed by atoms with Crippen LogP contribution in [0.1, 0.15) is 40.0 Å². The zero-order valence-corrected chi connectivity index (χ0v) is 10.3. The van der Waals surface area contributed by atoms with Gasteiger partial charge in [-0.15, -0.1) is 0 Å². The summed E-state index contributed by atoms with van der Waals surface area (Å²) in [5.74, 6) is 0. The fourth-order valence-electron chi connectivity index (χ4n) is 1.35.